The van der Waals surface area contributed by atoms with Crippen molar-refractivity contribution in [2.24, 2.45) is 10.4 Å². The largest absolute Gasteiger partial charge is 0.382 e. The number of nitrogens with zero attached hydrogens (tertiary/aromatic N) is 2. The minimum Gasteiger partial charge on any atom is -0.382 e. The van der Waals surface area contributed by atoms with E-state index in [9.17, 15) is 4.79 Å². The van der Waals surface area contributed by atoms with Gasteiger partial charge in [-0.15, -0.1) is 0 Å². The summed E-state index contributed by atoms with van der Waals surface area (Å²) in [5.41, 5.74) is 0.231. The average molecular weight is 383 g/mol. The molecule has 0 aliphatic heterocycles. The summed E-state index contributed by atoms with van der Waals surface area (Å²) in [5.74, 6) is 0.731. The number of hydrogen-bond acceptors (Lipinski definition) is 4. The van der Waals surface area contributed by atoms with E-state index in [1.165, 1.54) is 25.7 Å². The topological polar surface area (TPSA) is 75.2 Å². The highest BCUT2D eigenvalue weighted by Crippen LogP contribution is 2.54. The van der Waals surface area contributed by atoms with Crippen LogP contribution in [0.5, 0.6) is 0 Å². The number of rotatable bonds is 10. The lowest BCUT2D eigenvalue weighted by atomic mass is 9.60. The quantitative estimate of drug-likeness (QED) is 0.342. The Kier molecular flexibility index (Phi) is 8.83. The molecule has 2 atom stereocenters. The monoisotopic (exact) mass is 382 g/mol. The Morgan fingerprint density at radius 1 is 1.22 bits per heavy atom. The van der Waals surface area contributed by atoms with Gasteiger partial charge in [-0.2, -0.15) is 0 Å². The molecular weight excluding hydrogens is 344 g/mol. The molecular formula is C20H38N4O3. The van der Waals surface area contributed by atoms with Crippen LogP contribution >= 0.6 is 0 Å². The number of hydrogen-bond donors (Lipinski definition) is 2. The van der Waals surface area contributed by atoms with Crippen LogP contribution in [-0.2, 0) is 14.3 Å². The molecule has 2 rings (SSSR count). The molecule has 1 spiro atoms. The summed E-state index contributed by atoms with van der Waals surface area (Å²) >= 11 is 0. The summed E-state index contributed by atoms with van der Waals surface area (Å²) in [6, 6.07) is 0.365. The molecule has 2 unspecified atom stereocenters. The third kappa shape index (κ3) is 5.82. The zero-order valence-corrected chi connectivity index (χ0v) is 17.6. The first kappa shape index (κ1) is 22.0. The third-order valence-electron chi connectivity index (χ3n) is 5.83. The predicted octanol–water partition coefficient (Wildman–Crippen LogP) is 1.77. The molecule has 7 nitrogen and oxygen atoms in total. The standard InChI is InChI=1S/C20H38N4O3/c1-5-26-13-9-12-21-19(22-15-18(25)24(3)4)23-16-14-17(27-6-2)20(16)10-7-8-11-20/h16-17H,5-15H2,1-4H3,(H2,21,22,23). The molecule has 2 aliphatic rings. The van der Waals surface area contributed by atoms with Crippen molar-refractivity contribution in [3.63, 3.8) is 0 Å². The van der Waals surface area contributed by atoms with Gasteiger partial charge in [-0.1, -0.05) is 12.8 Å². The zero-order chi connectivity index (χ0) is 19.7. The molecule has 2 aliphatic carbocycles. The molecule has 0 saturated heterocycles. The maximum absolute atomic E-state index is 11.9. The number of carbonyl (C=O) groups is 1. The highest BCUT2D eigenvalue weighted by molar-refractivity contribution is 5.85. The number of guanidine groups is 1. The Morgan fingerprint density at radius 3 is 2.59 bits per heavy atom. The van der Waals surface area contributed by atoms with E-state index >= 15 is 0 Å². The van der Waals surface area contributed by atoms with Crippen LogP contribution in [0.15, 0.2) is 4.99 Å². The Balaban J connectivity index is 1.95. The highest BCUT2D eigenvalue weighted by Gasteiger charge is 2.56. The smallest absolute Gasteiger partial charge is 0.243 e. The van der Waals surface area contributed by atoms with E-state index in [0.29, 0.717) is 12.1 Å². The number of amides is 1. The van der Waals surface area contributed by atoms with Gasteiger partial charge in [0.25, 0.3) is 0 Å². The number of carbonyl (C=O) groups excluding carboxylic acids is 1. The van der Waals surface area contributed by atoms with E-state index in [4.69, 9.17) is 9.47 Å². The van der Waals surface area contributed by atoms with Crippen molar-refractivity contribution >= 4 is 11.9 Å². The van der Waals surface area contributed by atoms with Gasteiger partial charge in [0.15, 0.2) is 5.96 Å². The summed E-state index contributed by atoms with van der Waals surface area (Å²) < 4.78 is 11.4. The fourth-order valence-corrected chi connectivity index (χ4v) is 4.22. The van der Waals surface area contributed by atoms with Gasteiger partial charge in [-0.25, -0.2) is 4.99 Å². The molecule has 0 heterocycles. The van der Waals surface area contributed by atoms with Crippen LogP contribution in [0.3, 0.4) is 0 Å². The lowest BCUT2D eigenvalue weighted by Crippen LogP contribution is -2.65. The van der Waals surface area contributed by atoms with Gasteiger partial charge in [0.05, 0.1) is 6.10 Å². The molecule has 0 aromatic heterocycles. The second kappa shape index (κ2) is 10.9. The summed E-state index contributed by atoms with van der Waals surface area (Å²) in [5, 5.41) is 6.98. The molecule has 2 N–H and O–H groups in total. The molecule has 7 heteroatoms. The van der Waals surface area contributed by atoms with Gasteiger partial charge in [0.1, 0.15) is 6.54 Å². The molecule has 2 fully saturated rings. The summed E-state index contributed by atoms with van der Waals surface area (Å²) in [6.45, 7) is 7.24. The van der Waals surface area contributed by atoms with Crippen LogP contribution < -0.4 is 10.6 Å². The van der Waals surface area contributed by atoms with Gasteiger partial charge in [0, 0.05) is 51.9 Å². The maximum Gasteiger partial charge on any atom is 0.243 e. The van der Waals surface area contributed by atoms with Crippen molar-refractivity contribution in [1.82, 2.24) is 15.5 Å². The summed E-state index contributed by atoms with van der Waals surface area (Å²) in [7, 11) is 3.51. The van der Waals surface area contributed by atoms with Gasteiger partial charge in [-0.3, -0.25) is 4.79 Å². The zero-order valence-electron chi connectivity index (χ0n) is 17.6. The van der Waals surface area contributed by atoms with Crippen LogP contribution in [0.2, 0.25) is 0 Å². The van der Waals surface area contributed by atoms with E-state index in [-0.39, 0.29) is 17.9 Å². The average Bonchev–Trinajstić information content (AvgIpc) is 3.17. The second-order valence-corrected chi connectivity index (χ2v) is 7.75. The highest BCUT2D eigenvalue weighted by atomic mass is 16.5. The van der Waals surface area contributed by atoms with Crippen molar-refractivity contribution in [3.8, 4) is 0 Å². The second-order valence-electron chi connectivity index (χ2n) is 7.75. The number of likely N-dealkylation sites (N-methyl/N-ethyl adjacent to an activating group) is 1. The normalized spacial score (nSPS) is 23.9. The molecule has 156 valence electrons. The Morgan fingerprint density at radius 2 is 1.96 bits per heavy atom. The van der Waals surface area contributed by atoms with Gasteiger partial charge < -0.3 is 25.0 Å². The van der Waals surface area contributed by atoms with Crippen molar-refractivity contribution in [3.05, 3.63) is 0 Å². The molecule has 0 bridgehead atoms. The summed E-state index contributed by atoms with van der Waals surface area (Å²) in [4.78, 5) is 18.0. The SMILES string of the molecule is CCOCCCNC(=NCC(=O)N(C)C)NC1CC(OCC)C12CCCC2. The third-order valence-corrected chi connectivity index (χ3v) is 5.83. The van der Waals surface area contributed by atoms with Crippen LogP contribution in [0.4, 0.5) is 0 Å². The number of aliphatic imine (C=N–C) groups is 1. The van der Waals surface area contributed by atoms with Crippen LogP contribution in [0.25, 0.3) is 0 Å². The van der Waals surface area contributed by atoms with Crippen LogP contribution in [0.1, 0.15) is 52.4 Å². The molecule has 27 heavy (non-hydrogen) atoms. The molecule has 2 saturated carbocycles. The molecule has 1 amide bonds. The van der Waals surface area contributed by atoms with Gasteiger partial charge in [0.2, 0.25) is 5.91 Å². The Hall–Kier alpha value is -1.34. The van der Waals surface area contributed by atoms with E-state index in [1.54, 1.807) is 19.0 Å². The minimum atomic E-state index is 0.00167. The van der Waals surface area contributed by atoms with E-state index in [1.807, 2.05) is 6.92 Å². The predicted molar refractivity (Wildman–Crippen MR) is 108 cm³/mol. The minimum absolute atomic E-state index is 0.00167. The summed E-state index contributed by atoms with van der Waals surface area (Å²) in [6.07, 6.45) is 7.24. The van der Waals surface area contributed by atoms with Crippen molar-refractivity contribution in [2.45, 2.75) is 64.5 Å². The first-order valence-corrected chi connectivity index (χ1v) is 10.5. The van der Waals surface area contributed by atoms with E-state index in [2.05, 4.69) is 22.5 Å². The van der Waals surface area contributed by atoms with Crippen LogP contribution in [-0.4, -0.2) is 75.9 Å². The Bertz CT molecular complexity index is 490. The molecule has 0 radical (unpaired) electrons. The fraction of sp³-hybridized carbons (Fsp3) is 0.900. The van der Waals surface area contributed by atoms with Crippen molar-refractivity contribution < 1.29 is 14.3 Å². The lowest BCUT2D eigenvalue weighted by Gasteiger charge is -2.54. The first-order chi connectivity index (χ1) is 13.0. The fourth-order valence-electron chi connectivity index (χ4n) is 4.22. The lowest BCUT2D eigenvalue weighted by molar-refractivity contribution is -0.127. The van der Waals surface area contributed by atoms with E-state index in [0.717, 1.165) is 45.2 Å². The Labute approximate surface area is 164 Å². The first-order valence-electron chi connectivity index (χ1n) is 10.5. The van der Waals surface area contributed by atoms with Gasteiger partial charge in [-0.05, 0) is 39.5 Å². The van der Waals surface area contributed by atoms with Gasteiger partial charge >= 0.3 is 0 Å². The van der Waals surface area contributed by atoms with Crippen molar-refractivity contribution in [1.29, 1.82) is 0 Å². The van der Waals surface area contributed by atoms with Crippen molar-refractivity contribution in [2.75, 3.05) is 47.0 Å². The maximum atomic E-state index is 11.9. The number of ether oxygens (including phenoxy) is 2. The molecule has 0 aromatic rings. The number of nitrogens with one attached hydrogen (secondary N) is 2. The molecule has 0 aromatic carbocycles. The van der Waals surface area contributed by atoms with E-state index < -0.39 is 0 Å². The van der Waals surface area contributed by atoms with Crippen LogP contribution in [0, 0.1) is 5.41 Å².